The summed E-state index contributed by atoms with van der Waals surface area (Å²) in [6.45, 7) is -0.0496. The molecule has 0 bridgehead atoms. The molecule has 0 fully saturated rings. The Morgan fingerprint density at radius 2 is 2.40 bits per heavy atom. The van der Waals surface area contributed by atoms with E-state index in [-0.39, 0.29) is 23.7 Å². The van der Waals surface area contributed by atoms with Gasteiger partial charge in [-0.25, -0.2) is 14.8 Å². The van der Waals surface area contributed by atoms with Gasteiger partial charge in [0.25, 0.3) is 5.56 Å². The lowest BCUT2D eigenvalue weighted by Gasteiger charge is -2.13. The lowest BCUT2D eigenvalue weighted by molar-refractivity contribution is 0.0789. The SMILES string of the molecule is O=C(O)OCC1CCc2nc3cc(Br)cnc3c(=O)n21. The van der Waals surface area contributed by atoms with Gasteiger partial charge in [-0.05, 0) is 28.4 Å². The van der Waals surface area contributed by atoms with E-state index in [0.717, 1.165) is 4.47 Å². The third-order valence-corrected chi connectivity index (χ3v) is 3.68. The van der Waals surface area contributed by atoms with Gasteiger partial charge in [-0.2, -0.15) is 0 Å². The number of pyridine rings is 1. The molecule has 0 saturated heterocycles. The fourth-order valence-corrected chi connectivity index (χ4v) is 2.73. The topological polar surface area (TPSA) is 94.3 Å². The van der Waals surface area contributed by atoms with Crippen molar-refractivity contribution in [1.82, 2.24) is 14.5 Å². The van der Waals surface area contributed by atoms with E-state index in [1.807, 2.05) is 0 Å². The minimum absolute atomic E-state index is 0.0496. The van der Waals surface area contributed by atoms with Crippen molar-refractivity contribution in [3.8, 4) is 0 Å². The highest BCUT2D eigenvalue weighted by Crippen LogP contribution is 2.24. The third kappa shape index (κ3) is 2.15. The van der Waals surface area contributed by atoms with E-state index in [1.54, 1.807) is 6.07 Å². The largest absolute Gasteiger partial charge is 0.505 e. The molecular weight excluding hydrogens is 330 g/mol. The van der Waals surface area contributed by atoms with Crippen molar-refractivity contribution in [3.63, 3.8) is 0 Å². The second-order valence-electron chi connectivity index (χ2n) is 4.49. The van der Waals surface area contributed by atoms with Crippen molar-refractivity contribution in [2.75, 3.05) is 6.61 Å². The van der Waals surface area contributed by atoms with Crippen LogP contribution in [0.1, 0.15) is 18.3 Å². The van der Waals surface area contributed by atoms with Crippen LogP contribution in [0.15, 0.2) is 21.5 Å². The first-order valence-electron chi connectivity index (χ1n) is 5.98. The Bertz CT molecular complexity index is 758. The predicted octanol–water partition coefficient (Wildman–Crippen LogP) is 1.74. The number of carboxylic acid groups (broad SMARTS) is 1. The molecule has 20 heavy (non-hydrogen) atoms. The van der Waals surface area contributed by atoms with E-state index in [4.69, 9.17) is 5.11 Å². The number of fused-ring (bicyclic) bond motifs is 2. The van der Waals surface area contributed by atoms with Gasteiger partial charge in [-0.3, -0.25) is 9.36 Å². The lowest BCUT2D eigenvalue weighted by Crippen LogP contribution is -2.27. The maximum absolute atomic E-state index is 12.4. The molecule has 1 aliphatic rings. The van der Waals surface area contributed by atoms with Crippen LogP contribution in [-0.2, 0) is 11.2 Å². The molecule has 7 nitrogen and oxygen atoms in total. The molecule has 2 aromatic rings. The number of halogens is 1. The first-order chi connectivity index (χ1) is 9.56. The van der Waals surface area contributed by atoms with Crippen LogP contribution in [0.2, 0.25) is 0 Å². The van der Waals surface area contributed by atoms with E-state index < -0.39 is 6.16 Å². The van der Waals surface area contributed by atoms with Gasteiger partial charge in [0.15, 0.2) is 5.52 Å². The van der Waals surface area contributed by atoms with Gasteiger partial charge in [-0.1, -0.05) is 0 Å². The van der Waals surface area contributed by atoms with Gasteiger partial charge in [-0.15, -0.1) is 0 Å². The van der Waals surface area contributed by atoms with Crippen LogP contribution in [0.5, 0.6) is 0 Å². The summed E-state index contributed by atoms with van der Waals surface area (Å²) in [7, 11) is 0. The molecule has 8 heteroatoms. The van der Waals surface area contributed by atoms with Crippen LogP contribution < -0.4 is 5.56 Å². The minimum Gasteiger partial charge on any atom is -0.450 e. The highest BCUT2D eigenvalue weighted by Gasteiger charge is 2.27. The van der Waals surface area contributed by atoms with E-state index in [2.05, 4.69) is 30.6 Å². The fourth-order valence-electron chi connectivity index (χ4n) is 2.41. The predicted molar refractivity (Wildman–Crippen MR) is 72.8 cm³/mol. The number of ether oxygens (including phenoxy) is 1. The van der Waals surface area contributed by atoms with Crippen molar-refractivity contribution in [2.45, 2.75) is 18.9 Å². The zero-order valence-corrected chi connectivity index (χ0v) is 11.8. The molecule has 0 amide bonds. The average Bonchev–Trinajstić information content (AvgIpc) is 2.79. The summed E-state index contributed by atoms with van der Waals surface area (Å²) in [5, 5.41) is 8.55. The first-order valence-corrected chi connectivity index (χ1v) is 6.78. The summed E-state index contributed by atoms with van der Waals surface area (Å²) in [6, 6.07) is 1.43. The van der Waals surface area contributed by atoms with E-state index in [0.29, 0.717) is 24.2 Å². The van der Waals surface area contributed by atoms with E-state index in [9.17, 15) is 9.59 Å². The van der Waals surface area contributed by atoms with E-state index in [1.165, 1.54) is 10.8 Å². The zero-order valence-electron chi connectivity index (χ0n) is 10.2. The van der Waals surface area contributed by atoms with Crippen LogP contribution in [0.25, 0.3) is 11.0 Å². The molecule has 1 aliphatic heterocycles. The van der Waals surface area contributed by atoms with Gasteiger partial charge < -0.3 is 9.84 Å². The van der Waals surface area contributed by atoms with Crippen LogP contribution >= 0.6 is 15.9 Å². The summed E-state index contributed by atoms with van der Waals surface area (Å²) in [6.07, 6.45) is 1.44. The van der Waals surface area contributed by atoms with Gasteiger partial charge in [0.1, 0.15) is 12.4 Å². The second kappa shape index (κ2) is 4.86. The Hall–Kier alpha value is -1.96. The van der Waals surface area contributed by atoms with Crippen LogP contribution in [-0.4, -0.2) is 32.4 Å². The molecule has 0 aliphatic carbocycles. The Morgan fingerprint density at radius 1 is 1.60 bits per heavy atom. The third-order valence-electron chi connectivity index (χ3n) is 3.25. The lowest BCUT2D eigenvalue weighted by atomic mass is 10.2. The van der Waals surface area contributed by atoms with Crippen molar-refractivity contribution >= 4 is 33.1 Å². The van der Waals surface area contributed by atoms with Gasteiger partial charge in [0.2, 0.25) is 0 Å². The fraction of sp³-hybridized carbons (Fsp3) is 0.333. The highest BCUT2D eigenvalue weighted by atomic mass is 79.9. The normalized spacial score (nSPS) is 17.1. The molecule has 1 unspecified atom stereocenters. The van der Waals surface area contributed by atoms with Gasteiger partial charge >= 0.3 is 6.16 Å². The molecular formula is C12H10BrN3O4. The highest BCUT2D eigenvalue weighted by molar-refractivity contribution is 9.10. The van der Waals surface area contributed by atoms with Crippen LogP contribution in [0.4, 0.5) is 4.79 Å². The molecule has 3 rings (SSSR count). The maximum Gasteiger partial charge on any atom is 0.505 e. The van der Waals surface area contributed by atoms with Crippen molar-refractivity contribution in [2.24, 2.45) is 0 Å². The Balaban J connectivity index is 2.08. The molecule has 2 aromatic heterocycles. The van der Waals surface area contributed by atoms with Gasteiger partial charge in [0.05, 0.1) is 11.6 Å². The summed E-state index contributed by atoms with van der Waals surface area (Å²) in [5.41, 5.74) is 0.559. The molecule has 0 saturated carbocycles. The number of nitrogens with zero attached hydrogens (tertiary/aromatic N) is 3. The molecule has 0 spiro atoms. The summed E-state index contributed by atoms with van der Waals surface area (Å²) < 4.78 is 6.82. The maximum atomic E-state index is 12.4. The van der Waals surface area contributed by atoms with Gasteiger partial charge in [0, 0.05) is 17.1 Å². The molecule has 104 valence electrons. The molecule has 0 aromatic carbocycles. The Kier molecular flexibility index (Phi) is 3.17. The number of hydrogen-bond acceptors (Lipinski definition) is 5. The van der Waals surface area contributed by atoms with Crippen molar-refractivity contribution in [3.05, 3.63) is 32.9 Å². The molecule has 0 radical (unpaired) electrons. The Labute approximate surface area is 121 Å². The van der Waals surface area contributed by atoms with Crippen LogP contribution in [0, 0.1) is 0 Å². The Morgan fingerprint density at radius 3 is 3.15 bits per heavy atom. The smallest absolute Gasteiger partial charge is 0.450 e. The standard InChI is InChI=1S/C12H10BrN3O4/c13-6-3-8-10(14-4-6)11(17)16-7(5-20-12(18)19)1-2-9(16)15-8/h3-4,7H,1-2,5H2,(H,18,19). The van der Waals surface area contributed by atoms with Crippen molar-refractivity contribution < 1.29 is 14.6 Å². The molecule has 3 heterocycles. The average molecular weight is 340 g/mol. The number of aryl methyl sites for hydroxylation is 1. The summed E-state index contributed by atoms with van der Waals surface area (Å²) in [5.74, 6) is 0.640. The number of rotatable bonds is 2. The quantitative estimate of drug-likeness (QED) is 0.837. The second-order valence-corrected chi connectivity index (χ2v) is 5.41. The number of carbonyl (C=O) groups is 1. The van der Waals surface area contributed by atoms with Crippen molar-refractivity contribution in [1.29, 1.82) is 0 Å². The first kappa shape index (κ1) is 13.0. The minimum atomic E-state index is -1.35. The molecule has 1 atom stereocenters. The molecule has 1 N–H and O–H groups in total. The summed E-state index contributed by atoms with van der Waals surface area (Å²) in [4.78, 5) is 31.4. The number of hydrogen-bond donors (Lipinski definition) is 1. The monoisotopic (exact) mass is 339 g/mol. The zero-order chi connectivity index (χ0) is 14.3. The summed E-state index contributed by atoms with van der Waals surface area (Å²) >= 11 is 3.29. The van der Waals surface area contributed by atoms with E-state index >= 15 is 0 Å². The number of aromatic nitrogens is 3. The van der Waals surface area contributed by atoms with Crippen LogP contribution in [0.3, 0.4) is 0 Å².